The van der Waals surface area contributed by atoms with Crippen molar-refractivity contribution in [2.24, 2.45) is 11.7 Å². The molecule has 0 radical (unpaired) electrons. The molecule has 3 heteroatoms. The molecule has 0 aromatic heterocycles. The molecule has 1 unspecified atom stereocenters. The Morgan fingerprint density at radius 1 is 1.50 bits per heavy atom. The van der Waals surface area contributed by atoms with Gasteiger partial charge in [-0.1, -0.05) is 13.8 Å². The molecule has 0 aliphatic carbocycles. The maximum Gasteiger partial charge on any atom is 0.110 e. The van der Waals surface area contributed by atoms with E-state index in [1.54, 1.807) is 0 Å². The van der Waals surface area contributed by atoms with E-state index in [-0.39, 0.29) is 6.04 Å². The number of rotatable bonds is 5. The van der Waals surface area contributed by atoms with Crippen LogP contribution in [0.4, 0.5) is 0 Å². The van der Waals surface area contributed by atoms with E-state index in [0.29, 0.717) is 0 Å². The van der Waals surface area contributed by atoms with Gasteiger partial charge in [0, 0.05) is 5.75 Å². The van der Waals surface area contributed by atoms with E-state index in [0.717, 1.165) is 36.9 Å². The quantitative estimate of drug-likeness (QED) is 0.765. The summed E-state index contributed by atoms with van der Waals surface area (Å²) in [6.07, 6.45) is 4.40. The number of thioether (sulfide) groups is 1. The zero-order chi connectivity index (χ0) is 10.4. The fraction of sp³-hybridized carbons (Fsp3) is 0.818. The second-order valence-corrected chi connectivity index (χ2v) is 5.21. The molecule has 0 saturated carbocycles. The van der Waals surface area contributed by atoms with Crippen LogP contribution in [0, 0.1) is 5.92 Å². The lowest BCUT2D eigenvalue weighted by atomic mass is 10.2. The van der Waals surface area contributed by atoms with Crippen molar-refractivity contribution in [3.8, 4) is 0 Å². The fourth-order valence-electron chi connectivity index (χ4n) is 1.35. The molecule has 0 saturated heterocycles. The Morgan fingerprint density at radius 2 is 2.29 bits per heavy atom. The summed E-state index contributed by atoms with van der Waals surface area (Å²) in [6, 6.07) is 0.0963. The SMILES string of the molecule is CC(C)CSCC(N)C1=CCCCO1. The van der Waals surface area contributed by atoms with E-state index in [1.807, 2.05) is 11.8 Å². The van der Waals surface area contributed by atoms with E-state index < -0.39 is 0 Å². The molecule has 1 rings (SSSR count). The third-order valence-corrected chi connectivity index (χ3v) is 3.57. The third-order valence-electron chi connectivity index (χ3n) is 2.08. The lowest BCUT2D eigenvalue weighted by Gasteiger charge is -2.20. The Morgan fingerprint density at radius 3 is 2.86 bits per heavy atom. The first kappa shape index (κ1) is 11.9. The molecule has 82 valence electrons. The molecule has 0 bridgehead atoms. The molecule has 0 amide bonds. The second-order valence-electron chi connectivity index (χ2n) is 4.13. The number of hydrogen-bond acceptors (Lipinski definition) is 3. The highest BCUT2D eigenvalue weighted by Gasteiger charge is 2.13. The van der Waals surface area contributed by atoms with Gasteiger partial charge >= 0.3 is 0 Å². The molecule has 0 fully saturated rings. The van der Waals surface area contributed by atoms with E-state index in [2.05, 4.69) is 19.9 Å². The maximum atomic E-state index is 6.02. The zero-order valence-electron chi connectivity index (χ0n) is 9.16. The minimum absolute atomic E-state index is 0.0963. The first-order valence-corrected chi connectivity index (χ1v) is 6.51. The smallest absolute Gasteiger partial charge is 0.110 e. The van der Waals surface area contributed by atoms with Crippen LogP contribution in [-0.2, 0) is 4.74 Å². The number of nitrogens with two attached hydrogens (primary N) is 1. The summed E-state index contributed by atoms with van der Waals surface area (Å²) in [4.78, 5) is 0. The Kier molecular flexibility index (Phi) is 5.41. The Hall–Kier alpha value is -0.150. The van der Waals surface area contributed by atoms with Crippen LogP contribution < -0.4 is 5.73 Å². The predicted octanol–water partition coefficient (Wildman–Crippen LogP) is 2.40. The molecule has 14 heavy (non-hydrogen) atoms. The lowest BCUT2D eigenvalue weighted by molar-refractivity contribution is 0.179. The molecule has 0 spiro atoms. The van der Waals surface area contributed by atoms with Crippen molar-refractivity contribution in [2.45, 2.75) is 32.7 Å². The van der Waals surface area contributed by atoms with Gasteiger partial charge in [-0.05, 0) is 30.6 Å². The molecule has 1 aliphatic rings. The zero-order valence-corrected chi connectivity index (χ0v) is 9.98. The van der Waals surface area contributed by atoms with Crippen LogP contribution in [0.1, 0.15) is 26.7 Å². The van der Waals surface area contributed by atoms with Gasteiger partial charge in [0.15, 0.2) is 0 Å². The van der Waals surface area contributed by atoms with Crippen molar-refractivity contribution < 1.29 is 4.74 Å². The first-order chi connectivity index (χ1) is 6.70. The summed E-state index contributed by atoms with van der Waals surface area (Å²) in [5.74, 6) is 3.91. The van der Waals surface area contributed by atoms with Crippen LogP contribution in [0.5, 0.6) is 0 Å². The van der Waals surface area contributed by atoms with Crippen molar-refractivity contribution >= 4 is 11.8 Å². The van der Waals surface area contributed by atoms with Crippen molar-refractivity contribution in [1.82, 2.24) is 0 Å². The molecule has 1 aliphatic heterocycles. The molecule has 2 N–H and O–H groups in total. The average molecular weight is 215 g/mol. The van der Waals surface area contributed by atoms with Crippen LogP contribution in [0.2, 0.25) is 0 Å². The standard InChI is InChI=1S/C11H21NOS/c1-9(2)7-14-8-10(12)11-5-3-4-6-13-11/h5,9-10H,3-4,6-8,12H2,1-2H3. The normalized spacial score (nSPS) is 19.0. The molecule has 0 aromatic rings. The van der Waals surface area contributed by atoms with Crippen LogP contribution in [0.15, 0.2) is 11.8 Å². The van der Waals surface area contributed by atoms with Crippen molar-refractivity contribution in [3.63, 3.8) is 0 Å². The van der Waals surface area contributed by atoms with Gasteiger partial charge in [0.1, 0.15) is 5.76 Å². The highest BCUT2D eigenvalue weighted by molar-refractivity contribution is 7.99. The van der Waals surface area contributed by atoms with Gasteiger partial charge in [0.05, 0.1) is 12.6 Å². The second kappa shape index (κ2) is 6.36. The molecule has 1 atom stereocenters. The number of hydrogen-bond donors (Lipinski definition) is 1. The van der Waals surface area contributed by atoms with Gasteiger partial charge in [0.2, 0.25) is 0 Å². The van der Waals surface area contributed by atoms with Gasteiger partial charge in [0.25, 0.3) is 0 Å². The van der Waals surface area contributed by atoms with Gasteiger partial charge < -0.3 is 10.5 Å². The highest BCUT2D eigenvalue weighted by atomic mass is 32.2. The van der Waals surface area contributed by atoms with Gasteiger partial charge in [-0.2, -0.15) is 11.8 Å². The lowest BCUT2D eigenvalue weighted by Crippen LogP contribution is -2.28. The van der Waals surface area contributed by atoms with E-state index in [9.17, 15) is 0 Å². The number of allylic oxidation sites excluding steroid dienone is 1. The Balaban J connectivity index is 2.20. The third kappa shape index (κ3) is 4.38. The molecule has 2 nitrogen and oxygen atoms in total. The topological polar surface area (TPSA) is 35.2 Å². The summed E-state index contributed by atoms with van der Waals surface area (Å²) in [6.45, 7) is 5.30. The monoisotopic (exact) mass is 215 g/mol. The molecule has 0 aromatic carbocycles. The van der Waals surface area contributed by atoms with E-state index in [1.165, 1.54) is 5.75 Å². The van der Waals surface area contributed by atoms with Crippen LogP contribution >= 0.6 is 11.8 Å². The van der Waals surface area contributed by atoms with Crippen molar-refractivity contribution in [2.75, 3.05) is 18.1 Å². The predicted molar refractivity (Wildman–Crippen MR) is 63.4 cm³/mol. The van der Waals surface area contributed by atoms with Gasteiger partial charge in [-0.25, -0.2) is 0 Å². The van der Waals surface area contributed by atoms with Crippen LogP contribution in [-0.4, -0.2) is 24.2 Å². The fourth-order valence-corrected chi connectivity index (χ4v) is 2.37. The Bertz CT molecular complexity index is 192. The van der Waals surface area contributed by atoms with Gasteiger partial charge in [-0.15, -0.1) is 0 Å². The van der Waals surface area contributed by atoms with Crippen LogP contribution in [0.25, 0.3) is 0 Å². The van der Waals surface area contributed by atoms with Crippen molar-refractivity contribution in [3.05, 3.63) is 11.8 Å². The first-order valence-electron chi connectivity index (χ1n) is 5.36. The molecular weight excluding hydrogens is 194 g/mol. The highest BCUT2D eigenvalue weighted by Crippen LogP contribution is 2.16. The summed E-state index contributed by atoms with van der Waals surface area (Å²) in [5.41, 5.74) is 6.02. The van der Waals surface area contributed by atoms with Crippen LogP contribution in [0.3, 0.4) is 0 Å². The number of ether oxygens (including phenoxy) is 1. The average Bonchev–Trinajstić information content (AvgIpc) is 2.18. The summed E-state index contributed by atoms with van der Waals surface area (Å²) >= 11 is 1.92. The summed E-state index contributed by atoms with van der Waals surface area (Å²) in [5, 5.41) is 0. The van der Waals surface area contributed by atoms with Gasteiger partial charge in [-0.3, -0.25) is 0 Å². The van der Waals surface area contributed by atoms with E-state index >= 15 is 0 Å². The summed E-state index contributed by atoms with van der Waals surface area (Å²) in [7, 11) is 0. The van der Waals surface area contributed by atoms with Crippen molar-refractivity contribution in [1.29, 1.82) is 0 Å². The maximum absolute atomic E-state index is 6.02. The minimum Gasteiger partial charge on any atom is -0.497 e. The minimum atomic E-state index is 0.0963. The molecule has 1 heterocycles. The van der Waals surface area contributed by atoms with E-state index in [4.69, 9.17) is 10.5 Å². The largest absolute Gasteiger partial charge is 0.497 e. The molecular formula is C11H21NOS. The summed E-state index contributed by atoms with van der Waals surface area (Å²) < 4.78 is 5.52. The Labute approximate surface area is 91.3 Å².